The summed E-state index contributed by atoms with van der Waals surface area (Å²) in [5.41, 5.74) is 1.61. The van der Waals surface area contributed by atoms with Gasteiger partial charge < -0.3 is 4.74 Å². The Morgan fingerprint density at radius 2 is 1.90 bits per heavy atom. The number of hydrogen-bond acceptors (Lipinski definition) is 3. The molecule has 0 saturated carbocycles. The van der Waals surface area contributed by atoms with Gasteiger partial charge in [0, 0.05) is 23.0 Å². The number of ether oxygens (including phenoxy) is 1. The fourth-order valence-electron chi connectivity index (χ4n) is 1.72. The Bertz CT molecular complexity index is 679. The minimum Gasteiger partial charge on any atom is -0.489 e. The summed E-state index contributed by atoms with van der Waals surface area (Å²) in [6.45, 7) is 0.300. The number of rotatable bonds is 5. The van der Waals surface area contributed by atoms with Crippen molar-refractivity contribution in [1.29, 1.82) is 0 Å². The van der Waals surface area contributed by atoms with Gasteiger partial charge in [0.1, 0.15) is 12.4 Å². The van der Waals surface area contributed by atoms with Crippen LogP contribution in [0.15, 0.2) is 36.4 Å². The number of nitro benzene ring substituents is 1. The second kappa shape index (κ2) is 7.11. The van der Waals surface area contributed by atoms with Gasteiger partial charge in [0.2, 0.25) is 0 Å². The molecule has 0 heterocycles. The van der Waals surface area contributed by atoms with Crippen LogP contribution in [-0.2, 0) is 11.9 Å². The van der Waals surface area contributed by atoms with Crippen LogP contribution in [0.25, 0.3) is 0 Å². The van der Waals surface area contributed by atoms with Gasteiger partial charge in [0.25, 0.3) is 5.69 Å². The normalized spacial score (nSPS) is 10.4. The van der Waals surface area contributed by atoms with Crippen molar-refractivity contribution in [3.63, 3.8) is 0 Å². The first kappa shape index (κ1) is 16.1. The Kier molecular flexibility index (Phi) is 5.45. The van der Waals surface area contributed by atoms with Crippen molar-refractivity contribution in [2.24, 2.45) is 0 Å². The lowest BCUT2D eigenvalue weighted by Gasteiger charge is -2.10. The van der Waals surface area contributed by atoms with Crippen molar-refractivity contribution in [2.75, 3.05) is 0 Å². The van der Waals surface area contributed by atoms with Gasteiger partial charge in [0.05, 0.1) is 15.0 Å². The zero-order valence-corrected chi connectivity index (χ0v) is 13.8. The number of alkyl halides is 1. The minimum atomic E-state index is -0.436. The maximum absolute atomic E-state index is 10.8. The van der Waals surface area contributed by atoms with E-state index in [1.807, 2.05) is 6.07 Å². The zero-order valence-electron chi connectivity index (χ0n) is 10.7. The second-order valence-electron chi connectivity index (χ2n) is 4.22. The molecular weight excluding hydrogens is 381 g/mol. The van der Waals surface area contributed by atoms with Crippen LogP contribution in [0.2, 0.25) is 10.0 Å². The highest BCUT2D eigenvalue weighted by Gasteiger charge is 2.11. The smallest absolute Gasteiger partial charge is 0.270 e. The van der Waals surface area contributed by atoms with E-state index in [0.717, 1.165) is 5.56 Å². The number of hydrogen-bond donors (Lipinski definition) is 0. The molecule has 0 amide bonds. The molecule has 0 spiro atoms. The largest absolute Gasteiger partial charge is 0.489 e. The summed E-state index contributed by atoms with van der Waals surface area (Å²) < 4.78 is 5.69. The molecule has 0 aliphatic rings. The maximum atomic E-state index is 10.8. The Hall–Kier alpha value is -1.30. The van der Waals surface area contributed by atoms with E-state index >= 15 is 0 Å². The van der Waals surface area contributed by atoms with Gasteiger partial charge >= 0.3 is 0 Å². The molecule has 2 aromatic carbocycles. The molecule has 2 aromatic rings. The molecule has 0 atom stereocenters. The highest BCUT2D eigenvalue weighted by molar-refractivity contribution is 9.08. The lowest BCUT2D eigenvalue weighted by atomic mass is 10.2. The van der Waals surface area contributed by atoms with E-state index in [1.54, 1.807) is 18.2 Å². The summed E-state index contributed by atoms with van der Waals surface area (Å²) in [5, 5.41) is 12.2. The Balaban J connectivity index is 2.15. The van der Waals surface area contributed by atoms with Gasteiger partial charge in [-0.1, -0.05) is 45.2 Å². The van der Waals surface area contributed by atoms with Crippen molar-refractivity contribution in [3.8, 4) is 5.75 Å². The first-order chi connectivity index (χ1) is 10.0. The van der Waals surface area contributed by atoms with Crippen molar-refractivity contribution in [1.82, 2.24) is 0 Å². The summed E-state index contributed by atoms with van der Waals surface area (Å²) in [6.07, 6.45) is 0. The third-order valence-corrected chi connectivity index (χ3v) is 4.12. The maximum Gasteiger partial charge on any atom is 0.270 e. The topological polar surface area (TPSA) is 52.4 Å². The van der Waals surface area contributed by atoms with Crippen LogP contribution in [-0.4, -0.2) is 4.92 Å². The molecule has 21 heavy (non-hydrogen) atoms. The molecule has 0 aromatic heterocycles. The van der Waals surface area contributed by atoms with Crippen LogP contribution in [0.4, 0.5) is 5.69 Å². The Morgan fingerprint density at radius 3 is 2.52 bits per heavy atom. The number of benzene rings is 2. The van der Waals surface area contributed by atoms with Crippen LogP contribution in [0, 0.1) is 10.1 Å². The lowest BCUT2D eigenvalue weighted by molar-refractivity contribution is -0.384. The fourth-order valence-corrected chi connectivity index (χ4v) is 2.47. The van der Waals surface area contributed by atoms with E-state index in [0.29, 0.717) is 33.3 Å². The highest BCUT2D eigenvalue weighted by Crippen LogP contribution is 2.28. The second-order valence-corrected chi connectivity index (χ2v) is 5.60. The minimum absolute atomic E-state index is 0.0336. The first-order valence-electron chi connectivity index (χ1n) is 5.91. The molecule has 0 saturated heterocycles. The van der Waals surface area contributed by atoms with E-state index < -0.39 is 4.92 Å². The van der Waals surface area contributed by atoms with Gasteiger partial charge in [-0.25, -0.2) is 0 Å². The molecule has 0 bridgehead atoms. The number of halogens is 3. The molecule has 0 fully saturated rings. The van der Waals surface area contributed by atoms with E-state index in [4.69, 9.17) is 27.9 Å². The van der Waals surface area contributed by atoms with Crippen molar-refractivity contribution in [3.05, 3.63) is 67.7 Å². The van der Waals surface area contributed by atoms with Crippen molar-refractivity contribution < 1.29 is 9.66 Å². The van der Waals surface area contributed by atoms with Gasteiger partial charge in [0.15, 0.2) is 0 Å². The number of nitrogens with zero attached hydrogens (tertiary/aromatic N) is 1. The molecular formula is C14H10BrCl2NO3. The van der Waals surface area contributed by atoms with Crippen LogP contribution in [0.5, 0.6) is 5.75 Å². The molecule has 0 aliphatic heterocycles. The molecule has 0 aliphatic carbocycles. The predicted octanol–water partition coefficient (Wildman–Crippen LogP) is 5.38. The summed E-state index contributed by atoms with van der Waals surface area (Å²) in [4.78, 5) is 10.3. The molecule has 0 unspecified atom stereocenters. The zero-order chi connectivity index (χ0) is 15.4. The monoisotopic (exact) mass is 389 g/mol. The van der Waals surface area contributed by atoms with Gasteiger partial charge in [-0.05, 0) is 23.8 Å². The summed E-state index contributed by atoms with van der Waals surface area (Å²) >= 11 is 15.1. The summed E-state index contributed by atoms with van der Waals surface area (Å²) in [7, 11) is 0. The fraction of sp³-hybridized carbons (Fsp3) is 0.143. The molecule has 7 heteroatoms. The average molecular weight is 391 g/mol. The molecule has 4 nitrogen and oxygen atoms in total. The Labute approximate surface area is 139 Å². The molecule has 0 radical (unpaired) electrons. The average Bonchev–Trinajstić information content (AvgIpc) is 2.48. The molecule has 110 valence electrons. The van der Waals surface area contributed by atoms with E-state index in [9.17, 15) is 10.1 Å². The predicted molar refractivity (Wildman–Crippen MR) is 86.5 cm³/mol. The summed E-state index contributed by atoms with van der Waals surface area (Å²) in [5.74, 6) is 0.587. The van der Waals surface area contributed by atoms with Crippen LogP contribution < -0.4 is 4.74 Å². The van der Waals surface area contributed by atoms with Crippen molar-refractivity contribution in [2.45, 2.75) is 11.9 Å². The van der Waals surface area contributed by atoms with Gasteiger partial charge in [-0.3, -0.25) is 10.1 Å². The van der Waals surface area contributed by atoms with E-state index in [-0.39, 0.29) is 5.69 Å². The third kappa shape index (κ3) is 4.09. The number of non-ortho nitro benzene ring substituents is 1. The van der Waals surface area contributed by atoms with Crippen LogP contribution in [0.1, 0.15) is 11.1 Å². The lowest BCUT2D eigenvalue weighted by Crippen LogP contribution is -1.99. The Morgan fingerprint density at radius 1 is 1.14 bits per heavy atom. The highest BCUT2D eigenvalue weighted by atomic mass is 79.9. The summed E-state index contributed by atoms with van der Waals surface area (Å²) in [6, 6.07) is 9.72. The van der Waals surface area contributed by atoms with Gasteiger partial charge in [-0.15, -0.1) is 0 Å². The van der Waals surface area contributed by atoms with E-state index in [1.165, 1.54) is 12.1 Å². The molecule has 2 rings (SSSR count). The van der Waals surface area contributed by atoms with Gasteiger partial charge in [-0.2, -0.15) is 0 Å². The first-order valence-corrected chi connectivity index (χ1v) is 7.79. The SMILES string of the molecule is O=[N+]([O-])c1ccc(OCc2ccc(Cl)c(Cl)c2)c(CBr)c1. The number of nitro groups is 1. The van der Waals surface area contributed by atoms with Crippen LogP contribution in [0.3, 0.4) is 0 Å². The van der Waals surface area contributed by atoms with E-state index in [2.05, 4.69) is 15.9 Å². The standard InChI is InChI=1S/C14H10BrCl2NO3/c15-7-10-6-11(18(19)20)2-4-14(10)21-8-9-1-3-12(16)13(17)5-9/h1-6H,7-8H2. The van der Waals surface area contributed by atoms with Crippen LogP contribution >= 0.6 is 39.1 Å². The third-order valence-electron chi connectivity index (χ3n) is 2.78. The van der Waals surface area contributed by atoms with Crippen molar-refractivity contribution >= 4 is 44.8 Å². The molecule has 0 N–H and O–H groups in total. The quantitative estimate of drug-likeness (QED) is 0.391.